The molecule has 0 radical (unpaired) electrons. The summed E-state index contributed by atoms with van der Waals surface area (Å²) in [6, 6.07) is 10.8. The Hall–Kier alpha value is -3.73. The van der Waals surface area contributed by atoms with Crippen molar-refractivity contribution in [3.05, 3.63) is 80.2 Å². The van der Waals surface area contributed by atoms with E-state index in [1.807, 2.05) is 32.0 Å². The van der Waals surface area contributed by atoms with Gasteiger partial charge in [-0.05, 0) is 77.4 Å². The maximum Gasteiger partial charge on any atom is 0.414 e. The number of amides is 4. The number of carbonyl (C=O) groups excluding carboxylic acids is 4. The van der Waals surface area contributed by atoms with Gasteiger partial charge in [-0.2, -0.15) is 0 Å². The van der Waals surface area contributed by atoms with Gasteiger partial charge < -0.3 is 30.3 Å². The lowest BCUT2D eigenvalue weighted by Gasteiger charge is -2.23. The van der Waals surface area contributed by atoms with Crippen molar-refractivity contribution in [1.29, 1.82) is 0 Å². The van der Waals surface area contributed by atoms with Crippen LogP contribution in [-0.2, 0) is 14.3 Å². The first-order chi connectivity index (χ1) is 20.6. The van der Waals surface area contributed by atoms with Gasteiger partial charge in [0.2, 0.25) is 0 Å². The van der Waals surface area contributed by atoms with Gasteiger partial charge in [0.25, 0.3) is 11.8 Å². The lowest BCUT2D eigenvalue weighted by molar-refractivity contribution is -0.116. The molecule has 0 bridgehead atoms. The van der Waals surface area contributed by atoms with Gasteiger partial charge in [-0.15, -0.1) is 0 Å². The fourth-order valence-electron chi connectivity index (χ4n) is 4.16. The van der Waals surface area contributed by atoms with Crippen LogP contribution in [0.5, 0.6) is 0 Å². The van der Waals surface area contributed by atoms with E-state index in [1.165, 1.54) is 9.80 Å². The van der Waals surface area contributed by atoms with Crippen molar-refractivity contribution >= 4 is 69.2 Å². The number of nitrogens with one attached hydrogen (secondary N) is 2. The largest absolute Gasteiger partial charge is 0.509 e. The van der Waals surface area contributed by atoms with E-state index in [0.29, 0.717) is 26.7 Å². The average molecular weight is 682 g/mol. The summed E-state index contributed by atoms with van der Waals surface area (Å²) in [6.07, 6.45) is -0.541. The molecule has 2 aromatic carbocycles. The van der Waals surface area contributed by atoms with Gasteiger partial charge in [-0.1, -0.05) is 46.5 Å². The summed E-state index contributed by atoms with van der Waals surface area (Å²) < 4.78 is 5.44. The molecule has 0 saturated carbocycles. The summed E-state index contributed by atoms with van der Waals surface area (Å²) in [5.74, 6) is -0.280. The molecule has 2 aliphatic rings. The third-order valence-electron chi connectivity index (χ3n) is 6.62. The van der Waals surface area contributed by atoms with Gasteiger partial charge in [0.1, 0.15) is 11.5 Å². The fourth-order valence-corrected chi connectivity index (χ4v) is 4.58. The fraction of sp³-hybridized carbons (Fsp3) is 0.375. The van der Waals surface area contributed by atoms with E-state index in [1.54, 1.807) is 74.1 Å². The predicted molar refractivity (Wildman–Crippen MR) is 178 cm³/mol. The molecule has 2 aliphatic heterocycles. The van der Waals surface area contributed by atoms with E-state index >= 15 is 0 Å². The van der Waals surface area contributed by atoms with Gasteiger partial charge in [-0.3, -0.25) is 14.4 Å². The molecule has 13 heteroatoms. The highest BCUT2D eigenvalue weighted by atomic mass is 35.5. The predicted octanol–water partition coefficient (Wildman–Crippen LogP) is 6.70. The van der Waals surface area contributed by atoms with E-state index < -0.39 is 22.5 Å². The van der Waals surface area contributed by atoms with Crippen molar-refractivity contribution in [2.24, 2.45) is 0 Å². The highest BCUT2D eigenvalue weighted by Gasteiger charge is 2.42. The molecular formula is C32H39Cl3N4O6. The molecule has 0 unspecified atom stereocenters. The Morgan fingerprint density at radius 3 is 1.53 bits per heavy atom. The van der Waals surface area contributed by atoms with Crippen LogP contribution in [0.2, 0.25) is 10.0 Å². The Labute approximate surface area is 278 Å². The van der Waals surface area contributed by atoms with Crippen LogP contribution in [0.1, 0.15) is 49.9 Å². The second-order valence-electron chi connectivity index (χ2n) is 12.0. The molecular weight excluding hydrogens is 643 g/mol. The van der Waals surface area contributed by atoms with Crippen molar-refractivity contribution in [1.82, 2.24) is 20.4 Å². The first-order valence-corrected chi connectivity index (χ1v) is 14.9. The minimum absolute atomic E-state index is 0.0370. The van der Waals surface area contributed by atoms with Crippen molar-refractivity contribution in [3.8, 4) is 0 Å². The van der Waals surface area contributed by atoms with Crippen LogP contribution in [-0.4, -0.2) is 77.4 Å². The third-order valence-corrected chi connectivity index (χ3v) is 7.62. The van der Waals surface area contributed by atoms with Crippen LogP contribution in [0.4, 0.5) is 9.59 Å². The summed E-state index contributed by atoms with van der Waals surface area (Å²) >= 11 is 17.2. The van der Waals surface area contributed by atoms with Crippen molar-refractivity contribution in [2.75, 3.05) is 28.2 Å². The van der Waals surface area contributed by atoms with E-state index in [9.17, 15) is 24.3 Å². The molecule has 0 atom stereocenters. The summed E-state index contributed by atoms with van der Waals surface area (Å²) in [7, 11) is 6.35. The Bertz CT molecular complexity index is 1580. The molecule has 244 valence electrons. The van der Waals surface area contributed by atoms with Crippen molar-refractivity contribution in [2.45, 2.75) is 52.6 Å². The number of hydrogen-bond acceptors (Lipinski definition) is 6. The topological polar surface area (TPSA) is 128 Å². The minimum Gasteiger partial charge on any atom is -0.509 e. The molecule has 4 rings (SSSR count). The van der Waals surface area contributed by atoms with E-state index in [4.69, 9.17) is 39.5 Å². The van der Waals surface area contributed by atoms with Crippen molar-refractivity contribution < 1.29 is 29.0 Å². The number of rotatable bonds is 3. The molecule has 2 aromatic rings. The van der Waals surface area contributed by atoms with Gasteiger partial charge in [-0.25, -0.2) is 4.79 Å². The van der Waals surface area contributed by atoms with E-state index in [0.717, 1.165) is 11.1 Å². The van der Waals surface area contributed by atoms with Crippen molar-refractivity contribution in [3.63, 3.8) is 0 Å². The van der Waals surface area contributed by atoms with Crippen LogP contribution >= 0.6 is 34.8 Å². The van der Waals surface area contributed by atoms with E-state index in [-0.39, 0.29) is 28.9 Å². The molecule has 0 aromatic heterocycles. The standard InChI is InChI=1S/C16H19ClN2O3.C13H14ClNO2.C3H6ClNO/c1-9-6-7-11(17)10(8-9)12-13(22-15(21)19(4)5)16(2,3)18-14(12)20;1-7-4-5-9(14)8(6-7)10-11(16)13(2,3)15-12(10)17;1-5(2)3(4)6/h6-8H,1-5H3,(H,18,20);4-6,16H,1-3H3,(H,15,17);1-2H3. The highest BCUT2D eigenvalue weighted by Crippen LogP contribution is 2.38. The average Bonchev–Trinajstić information content (AvgIpc) is 3.27. The number of carbonyl (C=O) groups is 4. The number of ether oxygens (including phenoxy) is 1. The normalized spacial score (nSPS) is 16.1. The second-order valence-corrected chi connectivity index (χ2v) is 13.1. The maximum absolute atomic E-state index is 12.4. The summed E-state index contributed by atoms with van der Waals surface area (Å²) in [6.45, 7) is 10.9. The quantitative estimate of drug-likeness (QED) is 0.244. The Morgan fingerprint density at radius 1 is 0.756 bits per heavy atom. The smallest absolute Gasteiger partial charge is 0.414 e. The molecule has 0 aliphatic carbocycles. The molecule has 45 heavy (non-hydrogen) atoms. The lowest BCUT2D eigenvalue weighted by Crippen LogP contribution is -2.40. The number of hydrogen-bond donors (Lipinski definition) is 3. The number of nitrogens with zero attached hydrogens (tertiary/aromatic N) is 2. The first kappa shape index (κ1) is 37.5. The Morgan fingerprint density at radius 2 is 1.16 bits per heavy atom. The van der Waals surface area contributed by atoms with Crippen LogP contribution < -0.4 is 10.6 Å². The SMILES string of the molecule is CN(C)C(=O)Cl.Cc1ccc(Cl)c(C2=C(O)C(C)(C)NC2=O)c1.Cc1ccc(Cl)c(C2=C(OC(=O)N(C)C)C(C)(C)NC2=O)c1. The second kappa shape index (κ2) is 14.6. The number of halogens is 3. The third kappa shape index (κ3) is 9.15. The number of aliphatic hydroxyl groups is 1. The summed E-state index contributed by atoms with van der Waals surface area (Å²) in [5, 5.41) is 16.1. The number of aliphatic hydroxyl groups excluding tert-OH is 1. The monoisotopic (exact) mass is 680 g/mol. The molecule has 2 heterocycles. The van der Waals surface area contributed by atoms with Gasteiger partial charge >= 0.3 is 11.5 Å². The van der Waals surface area contributed by atoms with Gasteiger partial charge in [0.15, 0.2) is 0 Å². The molecule has 0 saturated heterocycles. The lowest BCUT2D eigenvalue weighted by atomic mass is 9.98. The first-order valence-electron chi connectivity index (χ1n) is 13.7. The molecule has 10 nitrogen and oxygen atoms in total. The minimum atomic E-state index is -0.787. The zero-order valence-electron chi connectivity index (χ0n) is 27.0. The zero-order chi connectivity index (χ0) is 34.6. The zero-order valence-corrected chi connectivity index (χ0v) is 29.2. The van der Waals surface area contributed by atoms with Crippen LogP contribution in [0.25, 0.3) is 11.1 Å². The van der Waals surface area contributed by atoms with Crippen LogP contribution in [0, 0.1) is 13.8 Å². The maximum atomic E-state index is 12.4. The van der Waals surface area contributed by atoms with Crippen LogP contribution in [0.3, 0.4) is 0 Å². The molecule has 0 fully saturated rings. The number of benzene rings is 2. The molecule has 3 N–H and O–H groups in total. The van der Waals surface area contributed by atoms with Gasteiger partial charge in [0, 0.05) is 49.4 Å². The molecule has 4 amide bonds. The molecule has 0 spiro atoms. The van der Waals surface area contributed by atoms with E-state index in [2.05, 4.69) is 10.6 Å². The van der Waals surface area contributed by atoms with Gasteiger partial charge in [0.05, 0.1) is 22.2 Å². The highest BCUT2D eigenvalue weighted by molar-refractivity contribution is 6.62. The summed E-state index contributed by atoms with van der Waals surface area (Å²) in [4.78, 5) is 48.6. The Kier molecular flexibility index (Phi) is 12.1. The van der Waals surface area contributed by atoms with Crippen LogP contribution in [0.15, 0.2) is 47.9 Å². The Balaban J connectivity index is 0.000000272. The number of aryl methyl sites for hydroxylation is 2. The summed E-state index contributed by atoms with van der Waals surface area (Å²) in [5.41, 5.74) is 2.13.